The molecule has 3 aromatic rings. The molecule has 0 spiro atoms. The van der Waals surface area contributed by atoms with Gasteiger partial charge in [-0.2, -0.15) is 5.26 Å². The second-order valence-corrected chi connectivity index (χ2v) is 5.95. The van der Waals surface area contributed by atoms with Crippen molar-refractivity contribution in [2.24, 2.45) is 0 Å². The fraction of sp³-hybridized carbons (Fsp3) is 0.136. The molecule has 0 bridgehead atoms. The Bertz CT molecular complexity index is 996. The summed E-state index contributed by atoms with van der Waals surface area (Å²) in [5.41, 5.74) is 1.32. The third kappa shape index (κ3) is 5.71. The minimum Gasteiger partial charge on any atom is -0.497 e. The van der Waals surface area contributed by atoms with Gasteiger partial charge in [-0.15, -0.1) is 0 Å². The van der Waals surface area contributed by atoms with Crippen LogP contribution in [0.3, 0.4) is 0 Å². The van der Waals surface area contributed by atoms with E-state index in [1.54, 1.807) is 74.0 Å². The average molecular weight is 389 g/mol. The van der Waals surface area contributed by atoms with Gasteiger partial charge in [-0.1, -0.05) is 12.1 Å². The van der Waals surface area contributed by atoms with Crippen molar-refractivity contribution in [3.63, 3.8) is 0 Å². The Morgan fingerprint density at radius 3 is 2.41 bits per heavy atom. The lowest BCUT2D eigenvalue weighted by atomic mass is 10.2. The summed E-state index contributed by atoms with van der Waals surface area (Å²) in [6.07, 6.45) is 1.91. The molecule has 1 N–H and O–H groups in total. The van der Waals surface area contributed by atoms with E-state index in [0.717, 1.165) is 5.56 Å². The fourth-order valence-electron chi connectivity index (χ4n) is 2.45. The Kier molecular flexibility index (Phi) is 6.63. The minimum atomic E-state index is -0.348. The first-order valence-electron chi connectivity index (χ1n) is 8.83. The van der Waals surface area contributed by atoms with E-state index in [-0.39, 0.29) is 18.4 Å². The Morgan fingerprint density at radius 2 is 1.72 bits per heavy atom. The zero-order valence-corrected chi connectivity index (χ0v) is 15.8. The number of ether oxygens (including phenoxy) is 3. The molecule has 1 heterocycles. The number of nitrogens with one attached hydrogen (secondary N) is 1. The molecule has 0 atom stereocenters. The molecule has 1 aromatic heterocycles. The Hall–Kier alpha value is -4.05. The number of rotatable bonds is 8. The standard InChI is InChI=1S/C22H19N3O4/c1-27-17-8-10-19(11-9-17)29-22-20(3-2-14-24-22)25-21(26)15-28-18-6-4-16(5-7-18)12-13-23/h2-11,14H,12,15H2,1H3,(H,25,26). The number of carbonyl (C=O) groups excluding carboxylic acids is 1. The highest BCUT2D eigenvalue weighted by molar-refractivity contribution is 5.93. The largest absolute Gasteiger partial charge is 0.497 e. The van der Waals surface area contributed by atoms with Crippen LogP contribution in [0.25, 0.3) is 0 Å². The van der Waals surface area contributed by atoms with Crippen LogP contribution < -0.4 is 19.5 Å². The summed E-state index contributed by atoms with van der Waals surface area (Å²) >= 11 is 0. The van der Waals surface area contributed by atoms with Crippen molar-refractivity contribution >= 4 is 11.6 Å². The molecule has 146 valence electrons. The van der Waals surface area contributed by atoms with E-state index in [1.807, 2.05) is 0 Å². The number of anilines is 1. The van der Waals surface area contributed by atoms with Crippen LogP contribution in [0.1, 0.15) is 5.56 Å². The number of pyridine rings is 1. The van der Waals surface area contributed by atoms with E-state index in [9.17, 15) is 4.79 Å². The lowest BCUT2D eigenvalue weighted by Crippen LogP contribution is -2.20. The highest BCUT2D eigenvalue weighted by atomic mass is 16.5. The molecule has 2 aromatic carbocycles. The third-order valence-corrected chi connectivity index (χ3v) is 3.90. The van der Waals surface area contributed by atoms with Crippen molar-refractivity contribution < 1.29 is 19.0 Å². The van der Waals surface area contributed by atoms with Gasteiger partial charge >= 0.3 is 0 Å². The molecule has 29 heavy (non-hydrogen) atoms. The van der Waals surface area contributed by atoms with Crippen LogP contribution in [0.4, 0.5) is 5.69 Å². The van der Waals surface area contributed by atoms with Crippen LogP contribution in [0, 0.1) is 11.3 Å². The van der Waals surface area contributed by atoms with E-state index in [4.69, 9.17) is 19.5 Å². The summed E-state index contributed by atoms with van der Waals surface area (Å²) in [5, 5.41) is 11.4. The van der Waals surface area contributed by atoms with Crippen LogP contribution in [-0.2, 0) is 11.2 Å². The van der Waals surface area contributed by atoms with Gasteiger partial charge in [-0.05, 0) is 54.1 Å². The summed E-state index contributed by atoms with van der Waals surface area (Å²) in [7, 11) is 1.59. The van der Waals surface area contributed by atoms with Crippen LogP contribution in [0.5, 0.6) is 23.1 Å². The molecule has 0 unspecified atom stereocenters. The number of methoxy groups -OCH3 is 1. The number of aromatic nitrogens is 1. The van der Waals surface area contributed by atoms with E-state index in [1.165, 1.54) is 0 Å². The molecule has 0 aliphatic carbocycles. The van der Waals surface area contributed by atoms with Gasteiger partial charge < -0.3 is 19.5 Å². The molecule has 0 fully saturated rings. The quantitative estimate of drug-likeness (QED) is 0.627. The number of hydrogen-bond donors (Lipinski definition) is 1. The van der Waals surface area contributed by atoms with Gasteiger partial charge in [0, 0.05) is 6.20 Å². The van der Waals surface area contributed by atoms with Gasteiger partial charge in [0.2, 0.25) is 5.88 Å². The molecule has 0 aliphatic heterocycles. The SMILES string of the molecule is COc1ccc(Oc2ncccc2NC(=O)COc2ccc(CC#N)cc2)cc1. The summed E-state index contributed by atoms with van der Waals surface area (Å²) in [6, 6.07) is 19.5. The summed E-state index contributed by atoms with van der Waals surface area (Å²) < 4.78 is 16.4. The number of nitrogens with zero attached hydrogens (tertiary/aromatic N) is 2. The fourth-order valence-corrected chi connectivity index (χ4v) is 2.45. The van der Waals surface area contributed by atoms with Crippen molar-refractivity contribution in [1.82, 2.24) is 4.98 Å². The topological polar surface area (TPSA) is 93.5 Å². The number of nitriles is 1. The Morgan fingerprint density at radius 1 is 1.03 bits per heavy atom. The summed E-state index contributed by atoms with van der Waals surface area (Å²) in [4.78, 5) is 16.4. The summed E-state index contributed by atoms with van der Waals surface area (Å²) in [5.74, 6) is 1.74. The molecule has 0 aliphatic rings. The molecular weight excluding hydrogens is 370 g/mol. The lowest BCUT2D eigenvalue weighted by molar-refractivity contribution is -0.118. The molecule has 7 heteroatoms. The second-order valence-electron chi connectivity index (χ2n) is 5.95. The average Bonchev–Trinajstić information content (AvgIpc) is 2.75. The predicted octanol–water partition coefficient (Wildman–Crippen LogP) is 3.97. The Labute approximate surface area is 168 Å². The lowest BCUT2D eigenvalue weighted by Gasteiger charge is -2.12. The van der Waals surface area contributed by atoms with Gasteiger partial charge in [0.15, 0.2) is 6.61 Å². The van der Waals surface area contributed by atoms with Crippen LogP contribution >= 0.6 is 0 Å². The van der Waals surface area contributed by atoms with Crippen molar-refractivity contribution in [3.8, 4) is 29.2 Å². The maximum absolute atomic E-state index is 12.3. The zero-order valence-electron chi connectivity index (χ0n) is 15.8. The van der Waals surface area contributed by atoms with Gasteiger partial charge in [-0.25, -0.2) is 4.98 Å². The van der Waals surface area contributed by atoms with Gasteiger partial charge in [0.1, 0.15) is 22.9 Å². The van der Waals surface area contributed by atoms with Crippen LogP contribution in [0.15, 0.2) is 66.9 Å². The first-order valence-corrected chi connectivity index (χ1v) is 8.83. The van der Waals surface area contributed by atoms with Gasteiger partial charge in [-0.3, -0.25) is 4.79 Å². The molecule has 3 rings (SSSR count). The number of carbonyl (C=O) groups is 1. The minimum absolute atomic E-state index is 0.172. The van der Waals surface area contributed by atoms with Crippen molar-refractivity contribution in [2.45, 2.75) is 6.42 Å². The van der Waals surface area contributed by atoms with E-state index in [0.29, 0.717) is 29.4 Å². The molecule has 0 radical (unpaired) electrons. The van der Waals surface area contributed by atoms with Crippen molar-refractivity contribution in [2.75, 3.05) is 19.0 Å². The second kappa shape index (κ2) is 9.76. The van der Waals surface area contributed by atoms with Crippen LogP contribution in [-0.4, -0.2) is 24.6 Å². The molecule has 7 nitrogen and oxygen atoms in total. The molecule has 0 saturated heterocycles. The first kappa shape index (κ1) is 19.7. The molecule has 0 saturated carbocycles. The predicted molar refractivity (Wildman–Crippen MR) is 107 cm³/mol. The first-order chi connectivity index (χ1) is 14.2. The van der Waals surface area contributed by atoms with Crippen molar-refractivity contribution in [1.29, 1.82) is 5.26 Å². The van der Waals surface area contributed by atoms with Gasteiger partial charge in [0.05, 0.1) is 19.6 Å². The molecule has 1 amide bonds. The smallest absolute Gasteiger partial charge is 0.262 e. The van der Waals surface area contributed by atoms with Crippen molar-refractivity contribution in [3.05, 3.63) is 72.4 Å². The highest BCUT2D eigenvalue weighted by Crippen LogP contribution is 2.28. The maximum atomic E-state index is 12.3. The highest BCUT2D eigenvalue weighted by Gasteiger charge is 2.11. The summed E-state index contributed by atoms with van der Waals surface area (Å²) in [6.45, 7) is -0.172. The normalized spacial score (nSPS) is 9.93. The van der Waals surface area contributed by atoms with E-state index >= 15 is 0 Å². The number of benzene rings is 2. The third-order valence-electron chi connectivity index (χ3n) is 3.90. The van der Waals surface area contributed by atoms with Gasteiger partial charge in [0.25, 0.3) is 5.91 Å². The monoisotopic (exact) mass is 389 g/mol. The van der Waals surface area contributed by atoms with E-state index < -0.39 is 0 Å². The Balaban J connectivity index is 1.59. The number of amides is 1. The maximum Gasteiger partial charge on any atom is 0.262 e. The van der Waals surface area contributed by atoms with Crippen LogP contribution in [0.2, 0.25) is 0 Å². The van der Waals surface area contributed by atoms with E-state index in [2.05, 4.69) is 16.4 Å². The molecular formula is C22H19N3O4. The number of hydrogen-bond acceptors (Lipinski definition) is 6. The zero-order chi connectivity index (χ0) is 20.5.